The molecule has 0 amide bonds. The molecular formula is C11H10F3N5O. The van der Waals surface area contributed by atoms with Crippen LogP contribution in [0, 0.1) is 0 Å². The van der Waals surface area contributed by atoms with Crippen LogP contribution in [0.15, 0.2) is 18.7 Å². The van der Waals surface area contributed by atoms with Crippen molar-refractivity contribution in [1.29, 1.82) is 0 Å². The van der Waals surface area contributed by atoms with Gasteiger partial charge in [0.05, 0.1) is 31.0 Å². The number of Topliss-reactive ketones (excluding diaryl/α,β-unsaturated/α-hetero) is 1. The minimum absolute atomic E-state index is 0.231. The number of hydrogen-bond acceptors (Lipinski definition) is 4. The van der Waals surface area contributed by atoms with Gasteiger partial charge in [0.15, 0.2) is 5.69 Å². The van der Waals surface area contributed by atoms with Gasteiger partial charge in [0.1, 0.15) is 0 Å². The third-order valence-electron chi connectivity index (χ3n) is 3.04. The van der Waals surface area contributed by atoms with Crippen molar-refractivity contribution in [1.82, 2.24) is 24.5 Å². The highest BCUT2D eigenvalue weighted by atomic mass is 19.4. The Morgan fingerprint density at radius 1 is 1.40 bits per heavy atom. The molecule has 0 spiro atoms. The Balaban J connectivity index is 1.77. The molecule has 0 radical (unpaired) electrons. The van der Waals surface area contributed by atoms with Crippen molar-refractivity contribution >= 4 is 5.78 Å². The minimum atomic E-state index is -4.93. The molecule has 0 bridgehead atoms. The van der Waals surface area contributed by atoms with Crippen LogP contribution < -0.4 is 0 Å². The predicted octanol–water partition coefficient (Wildman–Crippen LogP) is 1.60. The van der Waals surface area contributed by atoms with Crippen molar-refractivity contribution in [3.05, 3.63) is 30.1 Å². The molecule has 106 valence electrons. The van der Waals surface area contributed by atoms with Crippen LogP contribution in [0.4, 0.5) is 13.2 Å². The standard InChI is InChI=1S/C11H10F3N5O/c12-11(13,14)10(20)9-5-18(17-16-9)4-8-3-15-6-19(8)7-1-2-7/h3,5-7H,1-2,4H2. The van der Waals surface area contributed by atoms with Gasteiger partial charge in [-0.25, -0.2) is 9.67 Å². The first kappa shape index (κ1) is 12.8. The first-order valence-corrected chi connectivity index (χ1v) is 5.97. The van der Waals surface area contributed by atoms with Crippen molar-refractivity contribution in [3.8, 4) is 0 Å². The summed E-state index contributed by atoms with van der Waals surface area (Å²) in [6.07, 6.45) is 1.52. The van der Waals surface area contributed by atoms with Gasteiger partial charge >= 0.3 is 6.18 Å². The molecule has 0 atom stereocenters. The Bertz CT molecular complexity index is 641. The smallest absolute Gasteiger partial charge is 0.330 e. The Morgan fingerprint density at radius 3 is 2.80 bits per heavy atom. The van der Waals surface area contributed by atoms with Crippen LogP contribution in [-0.2, 0) is 6.54 Å². The summed E-state index contributed by atoms with van der Waals surface area (Å²) < 4.78 is 39.9. The van der Waals surface area contributed by atoms with E-state index in [9.17, 15) is 18.0 Å². The molecule has 20 heavy (non-hydrogen) atoms. The molecule has 2 aromatic heterocycles. The SMILES string of the molecule is O=C(c1cn(Cc2cncn2C2CC2)nn1)C(F)(F)F. The van der Waals surface area contributed by atoms with Gasteiger partial charge in [-0.3, -0.25) is 4.79 Å². The molecule has 0 aliphatic heterocycles. The molecule has 0 saturated heterocycles. The third-order valence-corrected chi connectivity index (χ3v) is 3.04. The fourth-order valence-electron chi connectivity index (χ4n) is 1.93. The van der Waals surface area contributed by atoms with Gasteiger partial charge in [0.2, 0.25) is 0 Å². The molecule has 0 unspecified atom stereocenters. The van der Waals surface area contributed by atoms with Crippen molar-refractivity contribution < 1.29 is 18.0 Å². The van der Waals surface area contributed by atoms with E-state index in [1.165, 1.54) is 4.68 Å². The second-order valence-electron chi connectivity index (χ2n) is 4.65. The van der Waals surface area contributed by atoms with Crippen molar-refractivity contribution in [3.63, 3.8) is 0 Å². The Morgan fingerprint density at radius 2 is 2.15 bits per heavy atom. The molecule has 1 aliphatic rings. The summed E-state index contributed by atoms with van der Waals surface area (Å²) in [5.74, 6) is -1.99. The number of alkyl halides is 3. The molecule has 0 aromatic carbocycles. The van der Waals surface area contributed by atoms with E-state index in [-0.39, 0.29) is 6.54 Å². The highest BCUT2D eigenvalue weighted by molar-refractivity contribution is 5.98. The third kappa shape index (κ3) is 2.43. The summed E-state index contributed by atoms with van der Waals surface area (Å²) in [7, 11) is 0. The summed E-state index contributed by atoms with van der Waals surface area (Å²) in [5.41, 5.74) is 0.124. The fourth-order valence-corrected chi connectivity index (χ4v) is 1.93. The van der Waals surface area contributed by atoms with Gasteiger partial charge < -0.3 is 4.57 Å². The lowest BCUT2D eigenvalue weighted by atomic mass is 10.3. The average molecular weight is 285 g/mol. The molecule has 9 heteroatoms. The number of imidazole rings is 1. The summed E-state index contributed by atoms with van der Waals surface area (Å²) in [4.78, 5) is 15.0. The maximum absolute atomic E-state index is 12.3. The van der Waals surface area contributed by atoms with E-state index in [0.717, 1.165) is 24.7 Å². The van der Waals surface area contributed by atoms with E-state index in [2.05, 4.69) is 15.3 Å². The Kier molecular flexibility index (Phi) is 2.84. The van der Waals surface area contributed by atoms with Crippen molar-refractivity contribution in [2.45, 2.75) is 31.6 Å². The number of ketones is 1. The Labute approximate surface area is 111 Å². The summed E-state index contributed by atoms with van der Waals surface area (Å²) in [6.45, 7) is 0.231. The van der Waals surface area contributed by atoms with Gasteiger partial charge in [-0.05, 0) is 12.8 Å². The maximum atomic E-state index is 12.3. The lowest BCUT2D eigenvalue weighted by molar-refractivity contribution is -0.0888. The van der Waals surface area contributed by atoms with E-state index in [0.29, 0.717) is 6.04 Å². The molecule has 2 aromatic rings. The molecular weight excluding hydrogens is 275 g/mol. The fraction of sp³-hybridized carbons (Fsp3) is 0.455. The molecule has 1 fully saturated rings. The molecule has 0 N–H and O–H groups in total. The second kappa shape index (κ2) is 4.43. The van der Waals surface area contributed by atoms with Crippen LogP contribution in [0.5, 0.6) is 0 Å². The van der Waals surface area contributed by atoms with E-state index in [1.54, 1.807) is 12.5 Å². The van der Waals surface area contributed by atoms with Crippen LogP contribution in [0.1, 0.15) is 35.1 Å². The van der Waals surface area contributed by atoms with Crippen LogP contribution in [0.25, 0.3) is 0 Å². The summed E-state index contributed by atoms with van der Waals surface area (Å²) in [6, 6.07) is 0.410. The first-order chi connectivity index (χ1) is 9.45. The number of aromatic nitrogens is 5. The highest BCUT2D eigenvalue weighted by Crippen LogP contribution is 2.35. The second-order valence-corrected chi connectivity index (χ2v) is 4.65. The van der Waals surface area contributed by atoms with Gasteiger partial charge in [-0.2, -0.15) is 13.2 Å². The summed E-state index contributed by atoms with van der Waals surface area (Å²) >= 11 is 0. The maximum Gasteiger partial charge on any atom is 0.456 e. The number of hydrogen-bond donors (Lipinski definition) is 0. The average Bonchev–Trinajstić information content (AvgIpc) is 2.94. The zero-order valence-electron chi connectivity index (χ0n) is 10.2. The van der Waals surface area contributed by atoms with E-state index < -0.39 is 17.7 Å². The molecule has 1 saturated carbocycles. The first-order valence-electron chi connectivity index (χ1n) is 5.97. The molecule has 3 rings (SSSR count). The highest BCUT2D eigenvalue weighted by Gasteiger charge is 2.41. The molecule has 6 nitrogen and oxygen atoms in total. The largest absolute Gasteiger partial charge is 0.456 e. The zero-order valence-corrected chi connectivity index (χ0v) is 10.2. The van der Waals surface area contributed by atoms with E-state index >= 15 is 0 Å². The summed E-state index contributed by atoms with van der Waals surface area (Å²) in [5, 5.41) is 6.82. The minimum Gasteiger partial charge on any atom is -0.330 e. The Hall–Kier alpha value is -2.19. The van der Waals surface area contributed by atoms with Gasteiger partial charge in [0, 0.05) is 6.04 Å². The predicted molar refractivity (Wildman–Crippen MR) is 60.0 cm³/mol. The van der Waals surface area contributed by atoms with Crippen LogP contribution >= 0.6 is 0 Å². The van der Waals surface area contributed by atoms with Crippen molar-refractivity contribution in [2.75, 3.05) is 0 Å². The van der Waals surface area contributed by atoms with E-state index in [1.807, 2.05) is 4.57 Å². The zero-order chi connectivity index (χ0) is 14.3. The topological polar surface area (TPSA) is 65.6 Å². The van der Waals surface area contributed by atoms with Crippen LogP contribution in [0.2, 0.25) is 0 Å². The lowest BCUT2D eigenvalue weighted by Crippen LogP contribution is -2.23. The lowest BCUT2D eigenvalue weighted by Gasteiger charge is -2.05. The normalized spacial score (nSPS) is 15.6. The number of halogens is 3. The number of nitrogens with zero attached hydrogens (tertiary/aromatic N) is 5. The van der Waals surface area contributed by atoms with Gasteiger partial charge in [0.25, 0.3) is 5.78 Å². The molecule has 2 heterocycles. The monoisotopic (exact) mass is 285 g/mol. The van der Waals surface area contributed by atoms with Crippen LogP contribution in [0.3, 0.4) is 0 Å². The number of rotatable bonds is 4. The quantitative estimate of drug-likeness (QED) is 0.800. The van der Waals surface area contributed by atoms with E-state index in [4.69, 9.17) is 0 Å². The molecule has 1 aliphatic carbocycles. The van der Waals surface area contributed by atoms with Gasteiger partial charge in [-0.15, -0.1) is 5.10 Å². The van der Waals surface area contributed by atoms with Crippen molar-refractivity contribution in [2.24, 2.45) is 0 Å². The number of carbonyl (C=O) groups excluding carboxylic acids is 1. The van der Waals surface area contributed by atoms with Gasteiger partial charge in [-0.1, -0.05) is 5.21 Å². The van der Waals surface area contributed by atoms with Crippen LogP contribution in [-0.4, -0.2) is 36.5 Å². The number of carbonyl (C=O) groups is 1.